The van der Waals surface area contributed by atoms with Crippen molar-refractivity contribution in [1.29, 1.82) is 0 Å². The molecule has 1 heterocycles. The van der Waals surface area contributed by atoms with E-state index in [2.05, 4.69) is 20.0 Å². The SMILES string of the molecule is CC(=O)Nc1cc(S(=O)(=O)Nc2nc(C)cc(C)n2)ccc1F. The average Bonchev–Trinajstić information content (AvgIpc) is 2.38. The summed E-state index contributed by atoms with van der Waals surface area (Å²) < 4.78 is 40.5. The van der Waals surface area contributed by atoms with Gasteiger partial charge in [-0.2, -0.15) is 0 Å². The van der Waals surface area contributed by atoms with Crippen molar-refractivity contribution in [2.24, 2.45) is 0 Å². The van der Waals surface area contributed by atoms with E-state index >= 15 is 0 Å². The molecule has 0 bridgehead atoms. The van der Waals surface area contributed by atoms with Crippen LogP contribution >= 0.6 is 0 Å². The third-order valence-electron chi connectivity index (χ3n) is 2.77. The first-order valence-corrected chi connectivity index (χ1v) is 8.08. The first-order chi connectivity index (χ1) is 10.7. The number of nitrogens with one attached hydrogen (secondary N) is 2. The Morgan fingerprint density at radius 2 is 1.74 bits per heavy atom. The number of carbonyl (C=O) groups is 1. The Hall–Kier alpha value is -2.55. The second-order valence-corrected chi connectivity index (χ2v) is 6.59. The van der Waals surface area contributed by atoms with E-state index in [0.29, 0.717) is 11.4 Å². The fourth-order valence-corrected chi connectivity index (χ4v) is 2.88. The maximum atomic E-state index is 13.6. The second kappa shape index (κ2) is 6.29. The quantitative estimate of drug-likeness (QED) is 0.888. The monoisotopic (exact) mass is 338 g/mol. The van der Waals surface area contributed by atoms with E-state index in [1.807, 2.05) is 0 Å². The molecule has 1 amide bonds. The maximum Gasteiger partial charge on any atom is 0.264 e. The summed E-state index contributed by atoms with van der Waals surface area (Å²) in [5.41, 5.74) is 0.989. The molecule has 7 nitrogen and oxygen atoms in total. The van der Waals surface area contributed by atoms with Crippen LogP contribution in [0.3, 0.4) is 0 Å². The van der Waals surface area contributed by atoms with Gasteiger partial charge >= 0.3 is 0 Å². The van der Waals surface area contributed by atoms with Gasteiger partial charge in [-0.15, -0.1) is 0 Å². The molecule has 9 heteroatoms. The van der Waals surface area contributed by atoms with Crippen molar-refractivity contribution in [3.8, 4) is 0 Å². The number of hydrogen-bond donors (Lipinski definition) is 2. The number of amides is 1. The molecule has 1 aromatic carbocycles. The lowest BCUT2D eigenvalue weighted by Gasteiger charge is -2.10. The predicted molar refractivity (Wildman–Crippen MR) is 83.0 cm³/mol. The molecule has 0 fully saturated rings. The Kier molecular flexibility index (Phi) is 4.60. The summed E-state index contributed by atoms with van der Waals surface area (Å²) in [6.45, 7) is 4.61. The summed E-state index contributed by atoms with van der Waals surface area (Å²) in [6.07, 6.45) is 0. The fourth-order valence-electron chi connectivity index (χ4n) is 1.91. The van der Waals surface area contributed by atoms with Gasteiger partial charge in [-0.1, -0.05) is 0 Å². The molecule has 23 heavy (non-hydrogen) atoms. The lowest BCUT2D eigenvalue weighted by molar-refractivity contribution is -0.114. The van der Waals surface area contributed by atoms with Crippen LogP contribution in [0.4, 0.5) is 16.0 Å². The predicted octanol–water partition coefficient (Wildman–Crippen LogP) is 1.99. The molecule has 2 rings (SSSR count). The number of halogens is 1. The molecule has 0 aliphatic rings. The van der Waals surface area contributed by atoms with Gasteiger partial charge in [-0.3, -0.25) is 4.79 Å². The number of sulfonamides is 1. The van der Waals surface area contributed by atoms with E-state index in [9.17, 15) is 17.6 Å². The highest BCUT2D eigenvalue weighted by atomic mass is 32.2. The van der Waals surface area contributed by atoms with Crippen LogP contribution in [0.1, 0.15) is 18.3 Å². The summed E-state index contributed by atoms with van der Waals surface area (Å²) >= 11 is 0. The van der Waals surface area contributed by atoms with Crippen molar-refractivity contribution >= 4 is 27.6 Å². The zero-order chi connectivity index (χ0) is 17.2. The topological polar surface area (TPSA) is 101 Å². The van der Waals surface area contributed by atoms with Gasteiger partial charge < -0.3 is 5.32 Å². The highest BCUT2D eigenvalue weighted by Crippen LogP contribution is 2.21. The number of carbonyl (C=O) groups excluding carboxylic acids is 1. The van der Waals surface area contributed by atoms with Gasteiger partial charge in [0.1, 0.15) is 5.82 Å². The lowest BCUT2D eigenvalue weighted by Crippen LogP contribution is -2.16. The standard InChI is InChI=1S/C14H15FN4O3S/c1-8-6-9(2)17-14(16-8)19-23(21,22)11-4-5-12(15)13(7-11)18-10(3)20/h4-7H,1-3H3,(H,18,20)(H,16,17,19). The van der Waals surface area contributed by atoms with E-state index in [1.54, 1.807) is 19.9 Å². The zero-order valence-corrected chi connectivity index (χ0v) is 13.5. The third kappa shape index (κ3) is 4.22. The summed E-state index contributed by atoms with van der Waals surface area (Å²) in [6, 6.07) is 4.78. The smallest absolute Gasteiger partial charge is 0.264 e. The molecule has 2 N–H and O–H groups in total. The molecule has 0 radical (unpaired) electrons. The highest BCUT2D eigenvalue weighted by Gasteiger charge is 2.18. The first-order valence-electron chi connectivity index (χ1n) is 6.59. The van der Waals surface area contributed by atoms with Crippen molar-refractivity contribution in [3.63, 3.8) is 0 Å². The lowest BCUT2D eigenvalue weighted by atomic mass is 10.3. The molecular formula is C14H15FN4O3S. The minimum atomic E-state index is -4.01. The van der Waals surface area contributed by atoms with Crippen LogP contribution in [0, 0.1) is 19.7 Å². The van der Waals surface area contributed by atoms with Crippen molar-refractivity contribution in [3.05, 3.63) is 41.5 Å². The van der Waals surface area contributed by atoms with Gasteiger partial charge in [0.15, 0.2) is 0 Å². The van der Waals surface area contributed by atoms with Gasteiger partial charge in [0, 0.05) is 18.3 Å². The molecular weight excluding hydrogens is 323 g/mol. The summed E-state index contributed by atoms with van der Waals surface area (Å²) in [5.74, 6) is -1.32. The molecule has 0 unspecified atom stereocenters. The minimum Gasteiger partial charge on any atom is -0.324 e. The largest absolute Gasteiger partial charge is 0.324 e. The third-order valence-corrected chi connectivity index (χ3v) is 4.09. The molecule has 1 aromatic heterocycles. The Morgan fingerprint density at radius 3 is 2.30 bits per heavy atom. The molecule has 0 saturated carbocycles. The first kappa shape index (κ1) is 16.8. The molecule has 0 aliphatic carbocycles. The summed E-state index contributed by atoms with van der Waals surface area (Å²) in [5, 5.41) is 2.23. The molecule has 2 aromatic rings. The Labute approximate surface area is 133 Å². The maximum absolute atomic E-state index is 13.6. The number of aryl methyl sites for hydroxylation is 2. The highest BCUT2D eigenvalue weighted by molar-refractivity contribution is 7.92. The normalized spacial score (nSPS) is 11.1. The van der Waals surface area contributed by atoms with Crippen molar-refractivity contribution in [2.45, 2.75) is 25.7 Å². The van der Waals surface area contributed by atoms with Gasteiger partial charge in [-0.25, -0.2) is 27.5 Å². The van der Waals surface area contributed by atoms with Crippen LogP contribution in [0.5, 0.6) is 0 Å². The number of hydrogen-bond acceptors (Lipinski definition) is 5. The summed E-state index contributed by atoms with van der Waals surface area (Å²) in [4.78, 5) is 18.8. The molecule has 122 valence electrons. The van der Waals surface area contributed by atoms with E-state index in [1.165, 1.54) is 6.92 Å². The fraction of sp³-hybridized carbons (Fsp3) is 0.214. The Balaban J connectivity index is 2.37. The van der Waals surface area contributed by atoms with E-state index in [4.69, 9.17) is 0 Å². The number of anilines is 2. The van der Waals surface area contributed by atoms with E-state index in [0.717, 1.165) is 18.2 Å². The average molecular weight is 338 g/mol. The van der Waals surface area contributed by atoms with Gasteiger partial charge in [0.05, 0.1) is 10.6 Å². The Bertz CT molecular complexity index is 848. The van der Waals surface area contributed by atoms with Crippen LogP contribution < -0.4 is 10.0 Å². The molecule has 0 atom stereocenters. The number of nitrogens with zero attached hydrogens (tertiary/aromatic N) is 2. The summed E-state index contributed by atoms with van der Waals surface area (Å²) in [7, 11) is -4.01. The zero-order valence-electron chi connectivity index (χ0n) is 12.7. The van der Waals surface area contributed by atoms with Crippen LogP contribution in [-0.4, -0.2) is 24.3 Å². The minimum absolute atomic E-state index is 0.0760. The second-order valence-electron chi connectivity index (χ2n) is 4.90. The van der Waals surface area contributed by atoms with Crippen LogP contribution in [0.15, 0.2) is 29.2 Å². The van der Waals surface area contributed by atoms with Crippen molar-refractivity contribution in [2.75, 3.05) is 10.0 Å². The van der Waals surface area contributed by atoms with Gasteiger partial charge in [0.25, 0.3) is 10.0 Å². The van der Waals surface area contributed by atoms with Gasteiger partial charge in [0.2, 0.25) is 11.9 Å². The number of rotatable bonds is 4. The van der Waals surface area contributed by atoms with E-state index in [-0.39, 0.29) is 16.5 Å². The van der Waals surface area contributed by atoms with Gasteiger partial charge in [-0.05, 0) is 38.1 Å². The van der Waals surface area contributed by atoms with Crippen LogP contribution in [0.2, 0.25) is 0 Å². The molecule has 0 spiro atoms. The number of benzene rings is 1. The van der Waals surface area contributed by atoms with E-state index < -0.39 is 21.7 Å². The van der Waals surface area contributed by atoms with Crippen molar-refractivity contribution in [1.82, 2.24) is 9.97 Å². The molecule has 0 aliphatic heterocycles. The van der Waals surface area contributed by atoms with Crippen LogP contribution in [-0.2, 0) is 14.8 Å². The molecule has 0 saturated heterocycles. The Morgan fingerprint density at radius 1 is 1.13 bits per heavy atom. The number of aromatic nitrogens is 2. The van der Waals surface area contributed by atoms with Crippen LogP contribution in [0.25, 0.3) is 0 Å². The van der Waals surface area contributed by atoms with Crippen molar-refractivity contribution < 1.29 is 17.6 Å².